The minimum Gasteiger partial charge on any atom is -0.466 e. The van der Waals surface area contributed by atoms with Crippen molar-refractivity contribution in [3.63, 3.8) is 0 Å². The van der Waals surface area contributed by atoms with Gasteiger partial charge < -0.3 is 14.5 Å². The number of esters is 1. The Kier molecular flexibility index (Phi) is 5.38. The summed E-state index contributed by atoms with van der Waals surface area (Å²) in [6.07, 6.45) is 1.15. The summed E-state index contributed by atoms with van der Waals surface area (Å²) in [5.74, 6) is -0.265. The van der Waals surface area contributed by atoms with Gasteiger partial charge in [-0.1, -0.05) is 17.7 Å². The van der Waals surface area contributed by atoms with Crippen molar-refractivity contribution in [3.8, 4) is 0 Å². The molecule has 164 valence electrons. The Bertz CT molecular complexity index is 1020. The summed E-state index contributed by atoms with van der Waals surface area (Å²) < 4.78 is 4.92. The number of ether oxygens (including phenoxy) is 1. The van der Waals surface area contributed by atoms with Crippen molar-refractivity contribution < 1.29 is 19.1 Å². The van der Waals surface area contributed by atoms with Crippen molar-refractivity contribution in [1.82, 2.24) is 14.7 Å². The van der Waals surface area contributed by atoms with Gasteiger partial charge in [-0.25, -0.2) is 9.79 Å². The Morgan fingerprint density at radius 1 is 1.26 bits per heavy atom. The summed E-state index contributed by atoms with van der Waals surface area (Å²) >= 11 is 6.22. The highest BCUT2D eigenvalue weighted by Gasteiger charge is 2.54. The number of carbonyl (C=O) groups is 3. The van der Waals surface area contributed by atoms with Gasteiger partial charge in [-0.3, -0.25) is 19.4 Å². The van der Waals surface area contributed by atoms with Crippen LogP contribution in [0.25, 0.3) is 0 Å². The van der Waals surface area contributed by atoms with E-state index < -0.39 is 24.2 Å². The molecule has 1 saturated heterocycles. The van der Waals surface area contributed by atoms with Crippen LogP contribution >= 0.6 is 11.6 Å². The zero-order valence-electron chi connectivity index (χ0n) is 17.8. The molecule has 0 aliphatic carbocycles. The molecule has 0 spiro atoms. The van der Waals surface area contributed by atoms with E-state index in [1.54, 1.807) is 18.9 Å². The van der Waals surface area contributed by atoms with E-state index in [2.05, 4.69) is 0 Å². The molecule has 3 aliphatic heterocycles. The largest absolute Gasteiger partial charge is 0.466 e. The highest BCUT2D eigenvalue weighted by Crippen LogP contribution is 2.38. The predicted molar refractivity (Wildman–Crippen MR) is 115 cm³/mol. The number of carbonyl (C=O) groups excluding carboxylic acids is 3. The van der Waals surface area contributed by atoms with Crippen LogP contribution in [0.3, 0.4) is 0 Å². The average Bonchev–Trinajstić information content (AvgIpc) is 3.23. The van der Waals surface area contributed by atoms with Gasteiger partial charge in [-0.05, 0) is 38.5 Å². The summed E-state index contributed by atoms with van der Waals surface area (Å²) in [6.45, 7) is 5.82. The molecule has 1 aromatic carbocycles. The molecule has 2 unspecified atom stereocenters. The fourth-order valence-corrected chi connectivity index (χ4v) is 4.28. The van der Waals surface area contributed by atoms with Crippen LogP contribution in [0.2, 0.25) is 5.02 Å². The number of benzene rings is 1. The van der Waals surface area contributed by atoms with E-state index in [0.29, 0.717) is 11.0 Å². The number of halogens is 1. The van der Waals surface area contributed by atoms with Crippen LogP contribution in [0.5, 0.6) is 0 Å². The van der Waals surface area contributed by atoms with Gasteiger partial charge in [0.1, 0.15) is 0 Å². The van der Waals surface area contributed by atoms with Crippen LogP contribution in [0.1, 0.15) is 25.8 Å². The highest BCUT2D eigenvalue weighted by molar-refractivity contribution is 6.31. The van der Waals surface area contributed by atoms with Crippen molar-refractivity contribution in [2.75, 3.05) is 25.1 Å². The molecule has 1 aromatic rings. The average molecular weight is 446 g/mol. The van der Waals surface area contributed by atoms with Gasteiger partial charge in [0.15, 0.2) is 12.2 Å². The third-order valence-corrected chi connectivity index (χ3v) is 5.88. The van der Waals surface area contributed by atoms with E-state index in [0.717, 1.165) is 21.8 Å². The van der Waals surface area contributed by atoms with Crippen LogP contribution in [0.4, 0.5) is 10.5 Å². The number of allylic oxidation sites excluding steroid dienone is 1. The minimum atomic E-state index is -0.695. The number of aliphatic imine (C=N–C) groups is 1. The van der Waals surface area contributed by atoms with Gasteiger partial charge in [0, 0.05) is 30.5 Å². The molecular formula is C21H24ClN5O4. The molecule has 0 bridgehead atoms. The van der Waals surface area contributed by atoms with E-state index in [1.165, 1.54) is 4.90 Å². The van der Waals surface area contributed by atoms with Crippen LogP contribution < -0.4 is 4.90 Å². The molecule has 9 nitrogen and oxygen atoms in total. The second kappa shape index (κ2) is 7.88. The van der Waals surface area contributed by atoms with Crippen molar-refractivity contribution in [3.05, 3.63) is 40.7 Å². The lowest BCUT2D eigenvalue weighted by Gasteiger charge is -2.40. The van der Waals surface area contributed by atoms with Crippen molar-refractivity contribution in [1.29, 1.82) is 0 Å². The van der Waals surface area contributed by atoms with E-state index in [1.807, 2.05) is 43.1 Å². The second-order valence-electron chi connectivity index (χ2n) is 7.67. The maximum atomic E-state index is 13.3. The monoisotopic (exact) mass is 445 g/mol. The Balaban J connectivity index is 1.63. The zero-order chi connectivity index (χ0) is 22.4. The quantitative estimate of drug-likeness (QED) is 0.647. The lowest BCUT2D eigenvalue weighted by atomic mass is 10.1. The van der Waals surface area contributed by atoms with Gasteiger partial charge in [-0.2, -0.15) is 0 Å². The molecule has 4 rings (SSSR count). The number of anilines is 1. The topological polar surface area (TPSA) is 85.8 Å². The Hall–Kier alpha value is -3.07. The summed E-state index contributed by atoms with van der Waals surface area (Å²) in [7, 11) is 1.61. The van der Waals surface area contributed by atoms with Crippen molar-refractivity contribution in [2.24, 2.45) is 4.99 Å². The van der Waals surface area contributed by atoms with Gasteiger partial charge in [0.05, 0.1) is 18.7 Å². The summed E-state index contributed by atoms with van der Waals surface area (Å²) in [6, 6.07) is 4.42. The fraction of sp³-hybridized carbons (Fsp3) is 0.429. The van der Waals surface area contributed by atoms with Crippen molar-refractivity contribution in [2.45, 2.75) is 39.4 Å². The maximum Gasteiger partial charge on any atom is 0.328 e. The van der Waals surface area contributed by atoms with Crippen LogP contribution in [-0.2, 0) is 14.3 Å². The van der Waals surface area contributed by atoms with Gasteiger partial charge in [-0.15, -0.1) is 0 Å². The summed E-state index contributed by atoms with van der Waals surface area (Å²) in [4.78, 5) is 48.9. The number of fused-ring (bicyclic) bond motifs is 3. The Morgan fingerprint density at radius 2 is 2.00 bits per heavy atom. The van der Waals surface area contributed by atoms with Crippen molar-refractivity contribution >= 4 is 41.2 Å². The summed E-state index contributed by atoms with van der Waals surface area (Å²) in [5, 5.41) is 0.594. The van der Waals surface area contributed by atoms with E-state index in [4.69, 9.17) is 21.3 Å². The first-order chi connectivity index (χ1) is 14.7. The number of amides is 3. The van der Waals surface area contributed by atoms with E-state index in [9.17, 15) is 14.4 Å². The van der Waals surface area contributed by atoms with Crippen LogP contribution in [0.15, 0.2) is 35.1 Å². The molecular weight excluding hydrogens is 422 g/mol. The zero-order valence-corrected chi connectivity index (χ0v) is 18.6. The lowest BCUT2D eigenvalue weighted by Crippen LogP contribution is -2.64. The molecule has 0 radical (unpaired) electrons. The standard InChI is InChI=1S/C21H24ClN5O4/c1-5-31-16(28)8-9-25-19(29)17-18(24(4)21(25)30)23-20-26(17)11-13(3)27(20)15-10-14(22)7-6-12(15)2/h6-7,10-11,17-18H,5,8-9H2,1-4H3. The summed E-state index contributed by atoms with van der Waals surface area (Å²) in [5.41, 5.74) is 2.75. The molecule has 3 aliphatic rings. The molecule has 3 amide bonds. The molecule has 10 heteroatoms. The molecule has 31 heavy (non-hydrogen) atoms. The number of urea groups is 1. The Labute approximate surface area is 185 Å². The smallest absolute Gasteiger partial charge is 0.328 e. The van der Waals surface area contributed by atoms with Crippen LogP contribution in [-0.4, -0.2) is 71.0 Å². The lowest BCUT2D eigenvalue weighted by molar-refractivity contribution is -0.144. The first-order valence-corrected chi connectivity index (χ1v) is 10.5. The number of imide groups is 1. The number of nitrogens with zero attached hydrogens (tertiary/aromatic N) is 5. The molecule has 0 N–H and O–H groups in total. The normalized spacial score (nSPS) is 22.5. The first-order valence-electron chi connectivity index (χ1n) is 10.1. The maximum absolute atomic E-state index is 13.3. The van der Waals surface area contributed by atoms with E-state index in [-0.39, 0.29) is 25.5 Å². The third-order valence-electron chi connectivity index (χ3n) is 5.64. The van der Waals surface area contributed by atoms with Gasteiger partial charge in [0.25, 0.3) is 5.91 Å². The molecule has 2 atom stereocenters. The third kappa shape index (κ3) is 3.42. The van der Waals surface area contributed by atoms with E-state index >= 15 is 0 Å². The predicted octanol–water partition coefficient (Wildman–Crippen LogP) is 2.54. The molecule has 0 aromatic heterocycles. The second-order valence-corrected chi connectivity index (χ2v) is 8.11. The first kappa shape index (κ1) is 21.2. The number of hydrogen-bond donors (Lipinski definition) is 0. The SMILES string of the molecule is CCOC(=O)CCN1C(=O)C2C(N=C3N(c4cc(Cl)ccc4C)C(C)=CN32)N(C)C1=O. The number of aryl methyl sites for hydroxylation is 1. The fourth-order valence-electron chi connectivity index (χ4n) is 4.12. The van der Waals surface area contributed by atoms with Crippen LogP contribution in [0, 0.1) is 6.92 Å². The minimum absolute atomic E-state index is 0.0347. The Morgan fingerprint density at radius 3 is 2.71 bits per heavy atom. The highest BCUT2D eigenvalue weighted by atomic mass is 35.5. The molecule has 0 saturated carbocycles. The number of hydrogen-bond acceptors (Lipinski definition) is 7. The molecule has 1 fully saturated rings. The van der Waals surface area contributed by atoms with Gasteiger partial charge >= 0.3 is 12.0 Å². The number of guanidine groups is 1. The van der Waals surface area contributed by atoms with Gasteiger partial charge in [0.2, 0.25) is 5.96 Å². The number of rotatable bonds is 5. The molecule has 3 heterocycles. The number of likely N-dealkylation sites (N-methyl/N-ethyl adjacent to an activating group) is 1.